The third-order valence-corrected chi connectivity index (χ3v) is 3.52. The number of rotatable bonds is 5. The molecule has 0 bridgehead atoms. The first-order chi connectivity index (χ1) is 9.49. The van der Waals surface area contributed by atoms with Crippen molar-refractivity contribution >= 4 is 22.7 Å². The van der Waals surface area contributed by atoms with Crippen molar-refractivity contribution < 1.29 is 9.90 Å². The molecule has 1 aromatic heterocycles. The van der Waals surface area contributed by atoms with Gasteiger partial charge < -0.3 is 10.4 Å². The van der Waals surface area contributed by atoms with Crippen LogP contribution in [-0.2, 0) is 0 Å². The molecule has 1 aromatic carbocycles. The van der Waals surface area contributed by atoms with Gasteiger partial charge in [-0.3, -0.25) is 0 Å². The van der Waals surface area contributed by atoms with E-state index in [2.05, 4.69) is 36.1 Å². The third-order valence-electron chi connectivity index (χ3n) is 3.52. The molecule has 0 aliphatic rings. The van der Waals surface area contributed by atoms with Crippen LogP contribution in [0.25, 0.3) is 10.9 Å². The van der Waals surface area contributed by atoms with E-state index in [0.717, 1.165) is 11.9 Å². The molecule has 0 fully saturated rings. The normalized spacial score (nSPS) is 12.6. The summed E-state index contributed by atoms with van der Waals surface area (Å²) in [5.74, 6) is 0.311. The number of para-hydroxylation sites is 1. The van der Waals surface area contributed by atoms with Crippen molar-refractivity contribution in [2.75, 3.05) is 11.9 Å². The Bertz CT molecular complexity index is 626. The summed E-state index contributed by atoms with van der Waals surface area (Å²) >= 11 is 0. The number of carboxylic acid groups (broad SMARTS) is 1. The Morgan fingerprint density at radius 1 is 1.25 bits per heavy atom. The molecule has 2 aromatic rings. The third kappa shape index (κ3) is 3.04. The number of nitrogens with one attached hydrogen (secondary N) is 1. The molecule has 0 spiro atoms. The molecule has 2 rings (SSSR count). The molecule has 1 heterocycles. The highest BCUT2D eigenvalue weighted by molar-refractivity contribution is 5.93. The van der Waals surface area contributed by atoms with Gasteiger partial charge in [0.1, 0.15) is 5.82 Å². The average molecular weight is 273 g/mol. The zero-order chi connectivity index (χ0) is 14.7. The molecular weight excluding hydrogens is 254 g/mol. The highest BCUT2D eigenvalue weighted by Crippen LogP contribution is 2.21. The summed E-state index contributed by atoms with van der Waals surface area (Å²) < 4.78 is 0. The topological polar surface area (TPSA) is 75.1 Å². The number of hydrogen-bond acceptors (Lipinski definition) is 4. The standard InChI is InChI=1S/C15H19N3O2/c1-9(2)10(3)8-16-13-11-6-4-5-7-12(11)17-14(18-13)15(19)20/h4-7,9-10H,8H2,1-3H3,(H,19,20)(H,16,17,18). The van der Waals surface area contributed by atoms with E-state index in [-0.39, 0.29) is 5.82 Å². The van der Waals surface area contributed by atoms with E-state index in [1.165, 1.54) is 0 Å². The zero-order valence-electron chi connectivity index (χ0n) is 11.9. The predicted molar refractivity (Wildman–Crippen MR) is 79.0 cm³/mol. The Balaban J connectivity index is 2.37. The van der Waals surface area contributed by atoms with E-state index in [1.807, 2.05) is 18.2 Å². The van der Waals surface area contributed by atoms with Crippen molar-refractivity contribution in [3.05, 3.63) is 30.1 Å². The first-order valence-corrected chi connectivity index (χ1v) is 6.73. The molecule has 5 heteroatoms. The van der Waals surface area contributed by atoms with Gasteiger partial charge in [0, 0.05) is 11.9 Å². The van der Waals surface area contributed by atoms with E-state index < -0.39 is 5.97 Å². The van der Waals surface area contributed by atoms with Crippen LogP contribution in [0.4, 0.5) is 5.82 Å². The molecule has 0 radical (unpaired) electrons. The Labute approximate surface area is 118 Å². The Hall–Kier alpha value is -2.17. The number of fused-ring (bicyclic) bond motifs is 1. The van der Waals surface area contributed by atoms with Crippen LogP contribution in [0.1, 0.15) is 31.4 Å². The molecule has 1 unspecified atom stereocenters. The maximum absolute atomic E-state index is 11.1. The molecule has 0 amide bonds. The van der Waals surface area contributed by atoms with Crippen LogP contribution in [0, 0.1) is 11.8 Å². The van der Waals surface area contributed by atoms with E-state index in [9.17, 15) is 4.79 Å². The van der Waals surface area contributed by atoms with Crippen LogP contribution in [0.5, 0.6) is 0 Å². The lowest BCUT2D eigenvalue weighted by molar-refractivity contribution is 0.0684. The van der Waals surface area contributed by atoms with E-state index in [1.54, 1.807) is 6.07 Å². The average Bonchev–Trinajstić information content (AvgIpc) is 2.43. The van der Waals surface area contributed by atoms with Crippen LogP contribution < -0.4 is 5.32 Å². The lowest BCUT2D eigenvalue weighted by Gasteiger charge is -2.17. The monoisotopic (exact) mass is 273 g/mol. The number of anilines is 1. The van der Waals surface area contributed by atoms with Gasteiger partial charge in [-0.2, -0.15) is 0 Å². The van der Waals surface area contributed by atoms with Crippen molar-refractivity contribution in [1.82, 2.24) is 9.97 Å². The lowest BCUT2D eigenvalue weighted by atomic mass is 9.98. The van der Waals surface area contributed by atoms with Gasteiger partial charge in [0.15, 0.2) is 0 Å². The van der Waals surface area contributed by atoms with E-state index >= 15 is 0 Å². The van der Waals surface area contributed by atoms with Crippen LogP contribution >= 0.6 is 0 Å². The summed E-state index contributed by atoms with van der Waals surface area (Å²) in [6.45, 7) is 7.22. The van der Waals surface area contributed by atoms with Gasteiger partial charge in [0.25, 0.3) is 0 Å². The number of carboxylic acids is 1. The summed E-state index contributed by atoms with van der Waals surface area (Å²) in [5.41, 5.74) is 0.639. The Morgan fingerprint density at radius 2 is 1.95 bits per heavy atom. The predicted octanol–water partition coefficient (Wildman–Crippen LogP) is 3.03. The molecule has 1 atom stereocenters. The fraction of sp³-hybridized carbons (Fsp3) is 0.400. The van der Waals surface area contributed by atoms with Crippen LogP contribution in [-0.4, -0.2) is 27.6 Å². The minimum atomic E-state index is -1.12. The fourth-order valence-electron chi connectivity index (χ4n) is 1.80. The molecule has 2 N–H and O–H groups in total. The molecule has 106 valence electrons. The number of carbonyl (C=O) groups is 1. The number of hydrogen-bond donors (Lipinski definition) is 2. The van der Waals surface area contributed by atoms with Crippen molar-refractivity contribution in [3.8, 4) is 0 Å². The quantitative estimate of drug-likeness (QED) is 0.875. The first kappa shape index (κ1) is 14.2. The summed E-state index contributed by atoms with van der Waals surface area (Å²) in [6.07, 6.45) is 0. The van der Waals surface area contributed by atoms with Crippen LogP contribution in [0.3, 0.4) is 0 Å². The smallest absolute Gasteiger partial charge is 0.374 e. The zero-order valence-corrected chi connectivity index (χ0v) is 11.9. The van der Waals surface area contributed by atoms with Crippen molar-refractivity contribution in [2.24, 2.45) is 11.8 Å². The van der Waals surface area contributed by atoms with Gasteiger partial charge in [-0.15, -0.1) is 0 Å². The molecule has 0 saturated carbocycles. The summed E-state index contributed by atoms with van der Waals surface area (Å²) in [5, 5.41) is 13.2. The van der Waals surface area contributed by atoms with E-state index in [4.69, 9.17) is 5.11 Å². The number of benzene rings is 1. The highest BCUT2D eigenvalue weighted by Gasteiger charge is 2.13. The number of aromatic carboxylic acids is 1. The molecule has 20 heavy (non-hydrogen) atoms. The minimum Gasteiger partial charge on any atom is -0.475 e. The first-order valence-electron chi connectivity index (χ1n) is 6.73. The highest BCUT2D eigenvalue weighted by atomic mass is 16.4. The molecule has 0 saturated heterocycles. The number of aromatic nitrogens is 2. The van der Waals surface area contributed by atoms with Crippen molar-refractivity contribution in [2.45, 2.75) is 20.8 Å². The van der Waals surface area contributed by atoms with Gasteiger partial charge in [0.2, 0.25) is 5.82 Å². The molecular formula is C15H19N3O2. The van der Waals surface area contributed by atoms with Crippen molar-refractivity contribution in [1.29, 1.82) is 0 Å². The van der Waals surface area contributed by atoms with Crippen LogP contribution in [0.2, 0.25) is 0 Å². The van der Waals surface area contributed by atoms with Crippen molar-refractivity contribution in [3.63, 3.8) is 0 Å². The Morgan fingerprint density at radius 3 is 2.60 bits per heavy atom. The maximum Gasteiger partial charge on any atom is 0.374 e. The van der Waals surface area contributed by atoms with E-state index in [0.29, 0.717) is 23.2 Å². The van der Waals surface area contributed by atoms with Gasteiger partial charge >= 0.3 is 5.97 Å². The largest absolute Gasteiger partial charge is 0.475 e. The Kier molecular flexibility index (Phi) is 4.17. The minimum absolute atomic E-state index is 0.177. The van der Waals surface area contributed by atoms with Crippen LogP contribution in [0.15, 0.2) is 24.3 Å². The van der Waals surface area contributed by atoms with Gasteiger partial charge in [-0.25, -0.2) is 14.8 Å². The lowest BCUT2D eigenvalue weighted by Crippen LogP contribution is -2.18. The van der Waals surface area contributed by atoms with Gasteiger partial charge in [0.05, 0.1) is 5.52 Å². The summed E-state index contributed by atoms with van der Waals surface area (Å²) in [7, 11) is 0. The molecule has 0 aliphatic heterocycles. The molecule has 0 aliphatic carbocycles. The van der Waals surface area contributed by atoms with Gasteiger partial charge in [-0.05, 0) is 24.0 Å². The SMILES string of the molecule is CC(C)C(C)CNc1nc(C(=O)O)nc2ccccc12. The summed E-state index contributed by atoms with van der Waals surface area (Å²) in [6, 6.07) is 7.41. The summed E-state index contributed by atoms with van der Waals surface area (Å²) in [4.78, 5) is 19.2. The second-order valence-corrected chi connectivity index (χ2v) is 5.32. The second-order valence-electron chi connectivity index (χ2n) is 5.32. The molecule has 5 nitrogen and oxygen atoms in total. The maximum atomic E-state index is 11.1. The van der Waals surface area contributed by atoms with Gasteiger partial charge in [-0.1, -0.05) is 32.9 Å². The number of nitrogens with zero attached hydrogens (tertiary/aromatic N) is 2. The second kappa shape index (κ2) is 5.86. The fourth-order valence-corrected chi connectivity index (χ4v) is 1.80.